The van der Waals surface area contributed by atoms with Gasteiger partial charge < -0.3 is 0 Å². The molecule has 0 amide bonds. The summed E-state index contributed by atoms with van der Waals surface area (Å²) in [6, 6.07) is 0. The molecule has 0 unspecified atom stereocenters. The molecule has 0 heterocycles. The van der Waals surface area contributed by atoms with Crippen LogP contribution in [0.25, 0.3) is 10.4 Å². The van der Waals surface area contributed by atoms with Crippen LogP contribution in [0.15, 0.2) is 1.20 Å². The Morgan fingerprint density at radius 3 is 2.25 bits per heavy atom. The first-order valence-corrected chi connectivity index (χ1v) is 2.06. The number of hydrogen-bond acceptors (Lipinski definition) is 1. The fourth-order valence-corrected chi connectivity index (χ4v) is 0. The van der Waals surface area contributed by atoms with Crippen LogP contribution in [0.4, 0.5) is 0 Å². The molecular formula is N3Nd. The van der Waals surface area contributed by atoms with Gasteiger partial charge in [0.2, 0.25) is 0 Å². The van der Waals surface area contributed by atoms with E-state index in [1.807, 2.05) is 0 Å². The Kier molecular flexibility index (Phi) is 4.27. The van der Waals surface area contributed by atoms with E-state index in [1.165, 1.54) is 0 Å². The zero-order chi connectivity index (χ0) is 3.41. The Hall–Kier alpha value is 0.661. The Bertz CT molecular complexity index is 41.2. The molecule has 0 aliphatic rings. The van der Waals surface area contributed by atoms with Gasteiger partial charge in [0.1, 0.15) is 0 Å². The Labute approximate surface area is 50.3 Å². The van der Waals surface area contributed by atoms with E-state index >= 15 is 0 Å². The summed E-state index contributed by atoms with van der Waals surface area (Å²) in [6.45, 7) is 0. The van der Waals surface area contributed by atoms with Gasteiger partial charge in [0.15, 0.2) is 0 Å². The number of nitrogens with zero attached hydrogens (tertiary/aromatic N) is 3. The van der Waals surface area contributed by atoms with E-state index < -0.39 is 0 Å². The first-order chi connectivity index (χ1) is 1.91. The van der Waals surface area contributed by atoms with Crippen LogP contribution in [0, 0.1) is 39.2 Å². The predicted molar refractivity (Wildman–Crippen MR) is 9.15 cm³/mol. The average Bonchev–Trinajstić information content (AvgIpc) is 1.37. The summed E-state index contributed by atoms with van der Waals surface area (Å²) < 4.78 is 3.06. The van der Waals surface area contributed by atoms with E-state index in [9.17, 15) is 0 Å². The van der Waals surface area contributed by atoms with Gasteiger partial charge in [-0.25, -0.2) is 0 Å². The van der Waals surface area contributed by atoms with Crippen molar-refractivity contribution >= 4 is 0 Å². The maximum atomic E-state index is 7.37. The molecule has 0 radical (unpaired) electrons. The third kappa shape index (κ3) is 2.66. The SMILES string of the molecule is [N-]=[N+]=[N][Nd]. The fourth-order valence-electron chi connectivity index (χ4n) is 0. The molecule has 4 heavy (non-hydrogen) atoms. The van der Waals surface area contributed by atoms with Gasteiger partial charge >= 0.3 is 50.8 Å². The molecule has 3 nitrogen and oxygen atoms in total. The molecule has 0 fully saturated rings. The summed E-state index contributed by atoms with van der Waals surface area (Å²) in [4.78, 5) is 2.42. The second-order valence-corrected chi connectivity index (χ2v) is 0.831. The molecule has 0 aromatic heterocycles. The quantitative estimate of drug-likeness (QED) is 0.305. The first kappa shape index (κ1) is 4.66. The van der Waals surface area contributed by atoms with Gasteiger partial charge in [0.25, 0.3) is 0 Å². The molecule has 0 aromatic rings. The third-order valence-electron chi connectivity index (χ3n) is 0.0447. The monoisotopic (exact) mass is 184 g/mol. The van der Waals surface area contributed by atoms with Crippen molar-refractivity contribution in [2.45, 2.75) is 0 Å². The molecule has 0 bridgehead atoms. The van der Waals surface area contributed by atoms with Gasteiger partial charge in [-0.3, -0.25) is 0 Å². The van der Waals surface area contributed by atoms with Gasteiger partial charge in [0, 0.05) is 0 Å². The minimum atomic E-state index is 0.598. The Morgan fingerprint density at radius 2 is 2.25 bits per heavy atom. The molecule has 4 heteroatoms. The third-order valence-corrected chi connectivity index (χ3v) is 0.332. The predicted octanol–water partition coefficient (Wildman–Crippen LogP) is 0.761. The summed E-state index contributed by atoms with van der Waals surface area (Å²) in [5.41, 5.74) is 7.37. The molecule has 0 aliphatic heterocycles. The van der Waals surface area contributed by atoms with E-state index in [1.54, 1.807) is 0 Å². The summed E-state index contributed by atoms with van der Waals surface area (Å²) in [7, 11) is 0. The molecule has 0 aliphatic carbocycles. The van der Waals surface area contributed by atoms with Gasteiger partial charge in [-0.05, 0) is 0 Å². The molecule has 0 saturated carbocycles. The normalized spacial score (nSPS) is 3.75. The van der Waals surface area contributed by atoms with Crippen molar-refractivity contribution in [3.05, 3.63) is 10.4 Å². The van der Waals surface area contributed by atoms with Crippen LogP contribution in [-0.2, 0) is 0 Å². The zero-order valence-corrected chi connectivity index (χ0v) is 5.05. The van der Waals surface area contributed by atoms with Crippen LogP contribution in [0.2, 0.25) is 0 Å². The number of rotatable bonds is 0. The van der Waals surface area contributed by atoms with Crippen molar-refractivity contribution in [1.82, 2.24) is 0 Å². The van der Waals surface area contributed by atoms with Crippen molar-refractivity contribution in [2.75, 3.05) is 0 Å². The average molecular weight is 186 g/mol. The summed E-state index contributed by atoms with van der Waals surface area (Å²) in [5.74, 6) is 0. The molecule has 0 spiro atoms. The molecule has 0 saturated heterocycles. The van der Waals surface area contributed by atoms with Crippen LogP contribution in [0.1, 0.15) is 0 Å². The molecule has 19 valence electrons. The maximum absolute atomic E-state index is 7.37. The van der Waals surface area contributed by atoms with Gasteiger partial charge in [-0.1, -0.05) is 0 Å². The molecule has 0 N–H and O–H groups in total. The van der Waals surface area contributed by atoms with E-state index in [2.05, 4.69) is 6.11 Å². The number of azide groups is 1. The second kappa shape index (κ2) is 3.66. The second-order valence-electron chi connectivity index (χ2n) is 0.189. The van der Waals surface area contributed by atoms with E-state index in [0.29, 0.717) is 39.2 Å². The summed E-state index contributed by atoms with van der Waals surface area (Å²) in [5, 5.41) is 0. The topological polar surface area (TPSA) is 48.8 Å². The van der Waals surface area contributed by atoms with Crippen molar-refractivity contribution in [1.29, 1.82) is 0 Å². The van der Waals surface area contributed by atoms with E-state index in [4.69, 9.17) is 5.53 Å². The standard InChI is InChI=1S/N3.Nd/c1-3-2;/q-1;+1. The summed E-state index contributed by atoms with van der Waals surface area (Å²) >= 11 is 0.598. The number of hydrogen-bond donors (Lipinski definition) is 0. The van der Waals surface area contributed by atoms with Gasteiger partial charge in [0.05, 0.1) is 0 Å². The van der Waals surface area contributed by atoms with Crippen LogP contribution >= 0.6 is 0 Å². The van der Waals surface area contributed by atoms with E-state index in [-0.39, 0.29) is 0 Å². The van der Waals surface area contributed by atoms with E-state index in [0.717, 1.165) is 0 Å². The van der Waals surface area contributed by atoms with Crippen LogP contribution in [0.5, 0.6) is 0 Å². The zero-order valence-electron chi connectivity index (χ0n) is 1.84. The minimum absolute atomic E-state index is 0.598. The van der Waals surface area contributed by atoms with Crippen molar-refractivity contribution in [3.63, 3.8) is 0 Å². The molecule has 0 atom stereocenters. The van der Waals surface area contributed by atoms with Crippen molar-refractivity contribution < 1.29 is 39.2 Å². The summed E-state index contributed by atoms with van der Waals surface area (Å²) in [6.07, 6.45) is 0. The Morgan fingerprint density at radius 1 is 2.00 bits per heavy atom. The van der Waals surface area contributed by atoms with Gasteiger partial charge in [-0.15, -0.1) is 0 Å². The molecule has 0 rings (SSSR count). The fraction of sp³-hybridized carbons (Fsp3) is 0. The van der Waals surface area contributed by atoms with Crippen LogP contribution < -0.4 is 0 Å². The van der Waals surface area contributed by atoms with Crippen molar-refractivity contribution in [3.8, 4) is 0 Å². The van der Waals surface area contributed by atoms with Gasteiger partial charge in [-0.2, -0.15) is 0 Å². The van der Waals surface area contributed by atoms with Crippen molar-refractivity contribution in [2.24, 2.45) is 1.20 Å². The Balaban J connectivity index is 3.11. The first-order valence-electron chi connectivity index (χ1n) is 0.624. The molecular weight excluding hydrogens is 186 g/mol. The molecule has 0 aromatic carbocycles. The van der Waals surface area contributed by atoms with Crippen LogP contribution in [0.3, 0.4) is 0 Å². The van der Waals surface area contributed by atoms with Crippen LogP contribution in [-0.4, -0.2) is 0 Å².